The molecule has 5 rings (SSSR count). The van der Waals surface area contributed by atoms with Crippen LogP contribution in [0.5, 0.6) is 0 Å². The van der Waals surface area contributed by atoms with E-state index in [2.05, 4.69) is 9.88 Å². The van der Waals surface area contributed by atoms with E-state index in [1.165, 1.54) is 30.2 Å². The molecule has 0 bridgehead atoms. The van der Waals surface area contributed by atoms with Gasteiger partial charge in [0.25, 0.3) is 0 Å². The molecular formula is C31H40FN3O3S. The van der Waals surface area contributed by atoms with Gasteiger partial charge in [0, 0.05) is 45.4 Å². The second kappa shape index (κ2) is 12.4. The van der Waals surface area contributed by atoms with Crippen molar-refractivity contribution in [3.63, 3.8) is 0 Å². The molecular weight excluding hydrogens is 513 g/mol. The molecule has 6 nitrogen and oxygen atoms in total. The highest BCUT2D eigenvalue weighted by Gasteiger charge is 2.39. The van der Waals surface area contributed by atoms with E-state index < -0.39 is 0 Å². The van der Waals surface area contributed by atoms with Crippen molar-refractivity contribution in [2.24, 2.45) is 23.7 Å². The third-order valence-corrected chi connectivity index (χ3v) is 9.92. The molecule has 1 aromatic carbocycles. The summed E-state index contributed by atoms with van der Waals surface area (Å²) in [5.74, 6) is 1.45. The minimum atomic E-state index is -0.194. The molecule has 3 fully saturated rings. The zero-order valence-electron chi connectivity index (χ0n) is 23.2. The van der Waals surface area contributed by atoms with Crippen molar-refractivity contribution in [2.45, 2.75) is 65.2 Å². The Balaban J connectivity index is 1.22. The number of Topliss-reactive ketones (excluding diaryl/α,β-unsaturated/α-hetero) is 2. The maximum Gasteiger partial charge on any atom is 0.225 e. The van der Waals surface area contributed by atoms with Crippen LogP contribution in [-0.4, -0.2) is 65.0 Å². The highest BCUT2D eigenvalue weighted by molar-refractivity contribution is 7.13. The molecule has 0 radical (unpaired) electrons. The third-order valence-electron chi connectivity index (χ3n) is 8.66. The van der Waals surface area contributed by atoms with Crippen LogP contribution in [0.3, 0.4) is 0 Å². The summed E-state index contributed by atoms with van der Waals surface area (Å²) in [5.41, 5.74) is 1.89. The van der Waals surface area contributed by atoms with E-state index in [4.69, 9.17) is 0 Å². The Morgan fingerprint density at radius 2 is 1.79 bits per heavy atom. The van der Waals surface area contributed by atoms with E-state index in [-0.39, 0.29) is 41.5 Å². The van der Waals surface area contributed by atoms with Crippen LogP contribution in [-0.2, 0) is 22.4 Å². The standard InChI is InChI=1S/C31H40FN3O3S/c1-20-30(21(2)36)39-29(33-20)16-28(37)15-26-19-35(31(38)24-7-8-24)13-11-25(26)18-34-12-3-4-23(17-34)14-22-5-9-27(32)10-6-22/h5-6,9-10,23-26H,3-4,7-8,11-19H2,1-2H3/t23-,25-,26+/m0/s1. The molecule has 3 heterocycles. The Morgan fingerprint density at radius 1 is 1.03 bits per heavy atom. The van der Waals surface area contributed by atoms with Gasteiger partial charge in [-0.25, -0.2) is 9.37 Å². The Hall–Kier alpha value is -2.45. The molecule has 0 unspecified atom stereocenters. The number of likely N-dealkylation sites (tertiary alicyclic amines) is 2. The third kappa shape index (κ3) is 7.40. The van der Waals surface area contributed by atoms with Crippen molar-refractivity contribution >= 4 is 28.8 Å². The van der Waals surface area contributed by atoms with Gasteiger partial charge in [0.1, 0.15) is 16.6 Å². The smallest absolute Gasteiger partial charge is 0.225 e. The van der Waals surface area contributed by atoms with Gasteiger partial charge in [0.15, 0.2) is 5.78 Å². The largest absolute Gasteiger partial charge is 0.342 e. The molecule has 2 aromatic rings. The molecule has 210 valence electrons. The lowest BCUT2D eigenvalue weighted by Gasteiger charge is -2.42. The van der Waals surface area contributed by atoms with Crippen LogP contribution in [0.4, 0.5) is 4.39 Å². The van der Waals surface area contributed by atoms with E-state index in [9.17, 15) is 18.8 Å². The second-order valence-electron chi connectivity index (χ2n) is 12.0. The van der Waals surface area contributed by atoms with Crippen LogP contribution in [0.2, 0.25) is 0 Å². The number of amides is 1. The molecule has 1 saturated carbocycles. The van der Waals surface area contributed by atoms with Gasteiger partial charge in [-0.2, -0.15) is 0 Å². The average molecular weight is 554 g/mol. The number of aromatic nitrogens is 1. The molecule has 1 aromatic heterocycles. The fourth-order valence-electron chi connectivity index (χ4n) is 6.50. The number of benzene rings is 1. The molecule has 3 atom stereocenters. The van der Waals surface area contributed by atoms with Crippen LogP contribution in [0, 0.1) is 36.4 Å². The van der Waals surface area contributed by atoms with Crippen molar-refractivity contribution in [2.75, 3.05) is 32.7 Å². The molecule has 1 aliphatic carbocycles. The van der Waals surface area contributed by atoms with Crippen LogP contribution < -0.4 is 0 Å². The van der Waals surface area contributed by atoms with Gasteiger partial charge in [-0.3, -0.25) is 14.4 Å². The summed E-state index contributed by atoms with van der Waals surface area (Å²) in [6.45, 7) is 7.84. The van der Waals surface area contributed by atoms with Crippen molar-refractivity contribution < 1.29 is 18.8 Å². The van der Waals surface area contributed by atoms with Gasteiger partial charge < -0.3 is 9.80 Å². The lowest BCUT2D eigenvalue weighted by molar-refractivity contribution is -0.136. The summed E-state index contributed by atoms with van der Waals surface area (Å²) in [6.07, 6.45) is 6.90. The number of hydrogen-bond acceptors (Lipinski definition) is 6. The summed E-state index contributed by atoms with van der Waals surface area (Å²) in [7, 11) is 0. The number of hydrogen-bond donors (Lipinski definition) is 0. The predicted molar refractivity (Wildman–Crippen MR) is 150 cm³/mol. The van der Waals surface area contributed by atoms with E-state index in [0.29, 0.717) is 40.4 Å². The Kier molecular flexibility index (Phi) is 8.92. The first-order valence-corrected chi connectivity index (χ1v) is 15.3. The van der Waals surface area contributed by atoms with Crippen LogP contribution in [0.1, 0.15) is 71.4 Å². The summed E-state index contributed by atoms with van der Waals surface area (Å²) < 4.78 is 13.3. The number of carbonyl (C=O) groups is 3. The van der Waals surface area contributed by atoms with Gasteiger partial charge in [-0.15, -0.1) is 11.3 Å². The topological polar surface area (TPSA) is 70.6 Å². The number of ketones is 2. The fraction of sp³-hybridized carbons (Fsp3) is 0.613. The summed E-state index contributed by atoms with van der Waals surface area (Å²) in [5, 5.41) is 0.709. The average Bonchev–Trinajstić information content (AvgIpc) is 3.68. The Bertz CT molecular complexity index is 1190. The van der Waals surface area contributed by atoms with Gasteiger partial charge in [-0.1, -0.05) is 12.1 Å². The number of piperidine rings is 2. The summed E-state index contributed by atoms with van der Waals surface area (Å²) in [4.78, 5) is 47.7. The van der Waals surface area contributed by atoms with E-state index in [1.54, 1.807) is 12.1 Å². The zero-order valence-corrected chi connectivity index (χ0v) is 24.0. The SMILES string of the molecule is CC(=O)c1sc(CC(=O)C[C@@H]2CN(C(=O)C3CC3)CC[C@H]2CN2CCC[C@@H](Cc3ccc(F)cc3)C2)nc1C. The van der Waals surface area contributed by atoms with E-state index in [1.807, 2.05) is 24.0 Å². The maximum atomic E-state index is 13.3. The number of halogens is 1. The van der Waals surface area contributed by atoms with Crippen LogP contribution >= 0.6 is 11.3 Å². The monoisotopic (exact) mass is 553 g/mol. The lowest BCUT2D eigenvalue weighted by Crippen LogP contribution is -2.49. The Labute approximate surface area is 235 Å². The molecule has 8 heteroatoms. The molecule has 39 heavy (non-hydrogen) atoms. The molecule has 2 aliphatic heterocycles. The van der Waals surface area contributed by atoms with Crippen molar-refractivity contribution in [1.29, 1.82) is 0 Å². The van der Waals surface area contributed by atoms with Crippen molar-refractivity contribution in [3.8, 4) is 0 Å². The first kappa shape index (κ1) is 28.1. The summed E-state index contributed by atoms with van der Waals surface area (Å²) >= 11 is 1.33. The van der Waals surface area contributed by atoms with Crippen molar-refractivity contribution in [3.05, 3.63) is 51.2 Å². The minimum Gasteiger partial charge on any atom is -0.342 e. The van der Waals surface area contributed by atoms with Gasteiger partial charge in [0.05, 0.1) is 17.0 Å². The van der Waals surface area contributed by atoms with Crippen molar-refractivity contribution in [1.82, 2.24) is 14.8 Å². The first-order valence-electron chi connectivity index (χ1n) is 14.5. The molecule has 0 N–H and O–H groups in total. The predicted octanol–water partition coefficient (Wildman–Crippen LogP) is 5.12. The number of nitrogens with zero attached hydrogens (tertiary/aromatic N) is 3. The van der Waals surface area contributed by atoms with Gasteiger partial charge in [-0.05, 0) is 87.4 Å². The maximum absolute atomic E-state index is 13.3. The molecule has 1 amide bonds. The second-order valence-corrected chi connectivity index (χ2v) is 13.0. The highest BCUT2D eigenvalue weighted by atomic mass is 32.1. The van der Waals surface area contributed by atoms with E-state index in [0.717, 1.165) is 58.3 Å². The van der Waals surface area contributed by atoms with Gasteiger partial charge >= 0.3 is 0 Å². The quantitative estimate of drug-likeness (QED) is 0.382. The number of rotatable bonds is 10. The van der Waals surface area contributed by atoms with Gasteiger partial charge in [0.2, 0.25) is 5.91 Å². The number of aryl methyl sites for hydroxylation is 1. The number of carbonyl (C=O) groups excluding carboxylic acids is 3. The van der Waals surface area contributed by atoms with E-state index >= 15 is 0 Å². The van der Waals surface area contributed by atoms with Crippen LogP contribution in [0.25, 0.3) is 0 Å². The number of thiazole rings is 1. The lowest BCUT2D eigenvalue weighted by atomic mass is 9.80. The Morgan fingerprint density at radius 3 is 2.49 bits per heavy atom. The molecule has 3 aliphatic rings. The summed E-state index contributed by atoms with van der Waals surface area (Å²) in [6, 6.07) is 6.88. The molecule has 2 saturated heterocycles. The highest BCUT2D eigenvalue weighted by Crippen LogP contribution is 2.35. The zero-order chi connectivity index (χ0) is 27.5. The minimum absolute atomic E-state index is 0.00969. The molecule has 0 spiro atoms. The normalized spacial score (nSPS) is 24.1. The first-order chi connectivity index (χ1) is 18.7. The van der Waals surface area contributed by atoms with Crippen LogP contribution in [0.15, 0.2) is 24.3 Å². The fourth-order valence-corrected chi connectivity index (χ4v) is 7.49.